The fourth-order valence-electron chi connectivity index (χ4n) is 2.40. The summed E-state index contributed by atoms with van der Waals surface area (Å²) in [5.74, 6) is 0.847. The number of methoxy groups -OCH3 is 1. The van der Waals surface area contributed by atoms with Gasteiger partial charge in [-0.1, -0.05) is 30.3 Å². The smallest absolute Gasteiger partial charge is 0.271 e. The monoisotopic (exact) mass is 342 g/mol. The zero-order chi connectivity index (χ0) is 17.6. The lowest BCUT2D eigenvalue weighted by atomic mass is 10.2. The highest BCUT2D eigenvalue weighted by molar-refractivity contribution is 5.98. The Morgan fingerprint density at radius 3 is 2.80 bits per heavy atom. The lowest BCUT2D eigenvalue weighted by Gasteiger charge is -2.12. The summed E-state index contributed by atoms with van der Waals surface area (Å²) in [5.41, 5.74) is 3.29. The summed E-state index contributed by atoms with van der Waals surface area (Å²) in [6.07, 6.45) is 0. The Balaban J connectivity index is 1.75. The number of hydrogen-bond acceptors (Lipinski definition) is 6. The van der Waals surface area contributed by atoms with Crippen molar-refractivity contribution in [2.24, 2.45) is 4.99 Å². The van der Waals surface area contributed by atoms with Gasteiger partial charge in [0, 0.05) is 5.56 Å². The molecule has 0 unspecified atom stereocenters. The predicted molar refractivity (Wildman–Crippen MR) is 90.0 cm³/mol. The molecule has 3 rings (SSSR count). The number of ether oxygens (including phenoxy) is 3. The fraction of sp³-hybridized carbons (Fsp3) is 0.222. The third kappa shape index (κ3) is 3.89. The van der Waals surface area contributed by atoms with Crippen LogP contribution in [0.2, 0.25) is 0 Å². The highest BCUT2D eigenvalue weighted by Crippen LogP contribution is 2.30. The van der Waals surface area contributed by atoms with E-state index in [2.05, 4.69) is 4.99 Å². The number of hydroxylamine groups is 1. The largest absolute Gasteiger partial charge is 0.493 e. The molecule has 1 heterocycles. The van der Waals surface area contributed by atoms with E-state index in [1.54, 1.807) is 30.8 Å². The third-order valence-electron chi connectivity index (χ3n) is 3.71. The predicted octanol–water partition coefficient (Wildman–Crippen LogP) is 1.92. The Hall–Kier alpha value is -3.06. The first-order valence-electron chi connectivity index (χ1n) is 7.71. The van der Waals surface area contributed by atoms with Gasteiger partial charge in [0.2, 0.25) is 5.90 Å². The number of carbonyl (C=O) groups excluding carboxylic acids is 1. The van der Waals surface area contributed by atoms with Crippen LogP contribution in [0.4, 0.5) is 0 Å². The van der Waals surface area contributed by atoms with Gasteiger partial charge in [0.25, 0.3) is 5.91 Å². The summed E-state index contributed by atoms with van der Waals surface area (Å²) in [6, 6.07) is 14.3. The zero-order valence-electron chi connectivity index (χ0n) is 13.6. The number of benzene rings is 2. The van der Waals surface area contributed by atoms with Gasteiger partial charge in [-0.15, -0.1) is 0 Å². The van der Waals surface area contributed by atoms with Crippen LogP contribution in [0.1, 0.15) is 11.1 Å². The Labute approximate surface area is 144 Å². The molecule has 0 radical (unpaired) electrons. The van der Waals surface area contributed by atoms with E-state index < -0.39 is 11.9 Å². The SMILES string of the molecule is COc1cc(C2=N[C@@H](C(=O)NO)CO2)ccc1OCc1ccccc1. The first kappa shape index (κ1) is 16.8. The minimum Gasteiger partial charge on any atom is -0.493 e. The molecule has 1 aliphatic rings. The molecule has 0 bridgehead atoms. The van der Waals surface area contributed by atoms with E-state index in [0.29, 0.717) is 29.6 Å². The van der Waals surface area contributed by atoms with Crippen LogP contribution < -0.4 is 15.0 Å². The second-order valence-electron chi connectivity index (χ2n) is 5.38. The van der Waals surface area contributed by atoms with E-state index in [0.717, 1.165) is 5.56 Å². The summed E-state index contributed by atoms with van der Waals surface area (Å²) in [7, 11) is 1.55. The zero-order valence-corrected chi connectivity index (χ0v) is 13.6. The number of carbonyl (C=O) groups is 1. The van der Waals surface area contributed by atoms with Crippen molar-refractivity contribution in [3.8, 4) is 11.5 Å². The van der Waals surface area contributed by atoms with Crippen molar-refractivity contribution < 1.29 is 24.2 Å². The molecule has 1 atom stereocenters. The minimum absolute atomic E-state index is 0.0797. The summed E-state index contributed by atoms with van der Waals surface area (Å²) in [5, 5.41) is 8.66. The van der Waals surface area contributed by atoms with Gasteiger partial charge in [0.1, 0.15) is 13.2 Å². The molecule has 7 heteroatoms. The molecule has 1 aliphatic heterocycles. The van der Waals surface area contributed by atoms with Gasteiger partial charge < -0.3 is 14.2 Å². The molecular formula is C18H18N2O5. The van der Waals surface area contributed by atoms with Gasteiger partial charge in [-0.3, -0.25) is 10.0 Å². The maximum Gasteiger partial charge on any atom is 0.271 e. The molecule has 0 saturated carbocycles. The van der Waals surface area contributed by atoms with E-state index in [4.69, 9.17) is 19.4 Å². The molecule has 2 aromatic rings. The van der Waals surface area contributed by atoms with E-state index in [1.807, 2.05) is 30.3 Å². The topological polar surface area (TPSA) is 89.4 Å². The second kappa shape index (κ2) is 7.67. The van der Waals surface area contributed by atoms with Crippen LogP contribution in [0.25, 0.3) is 0 Å². The van der Waals surface area contributed by atoms with Gasteiger partial charge >= 0.3 is 0 Å². The van der Waals surface area contributed by atoms with Crippen molar-refractivity contribution in [3.63, 3.8) is 0 Å². The van der Waals surface area contributed by atoms with Gasteiger partial charge in [-0.25, -0.2) is 10.5 Å². The number of amides is 1. The second-order valence-corrected chi connectivity index (χ2v) is 5.38. The van der Waals surface area contributed by atoms with Crippen LogP contribution in [0.3, 0.4) is 0 Å². The molecule has 0 spiro atoms. The summed E-state index contributed by atoms with van der Waals surface area (Å²) >= 11 is 0. The van der Waals surface area contributed by atoms with E-state index >= 15 is 0 Å². The summed E-state index contributed by atoms with van der Waals surface area (Å²) in [4.78, 5) is 15.5. The number of aliphatic imine (C=N–C) groups is 1. The van der Waals surface area contributed by atoms with E-state index in [1.165, 1.54) is 0 Å². The van der Waals surface area contributed by atoms with Gasteiger partial charge in [0.15, 0.2) is 17.5 Å². The van der Waals surface area contributed by atoms with Crippen LogP contribution in [0, 0.1) is 0 Å². The maximum atomic E-state index is 11.4. The first-order valence-corrected chi connectivity index (χ1v) is 7.71. The van der Waals surface area contributed by atoms with Crippen LogP contribution in [-0.4, -0.2) is 36.8 Å². The molecule has 0 aromatic heterocycles. The normalized spacial score (nSPS) is 15.9. The lowest BCUT2D eigenvalue weighted by molar-refractivity contribution is -0.130. The Morgan fingerprint density at radius 2 is 2.08 bits per heavy atom. The van der Waals surface area contributed by atoms with Crippen LogP contribution in [0.5, 0.6) is 11.5 Å². The average Bonchev–Trinajstić information content (AvgIpc) is 3.16. The standard InChI is InChI=1S/C18H18N2O5/c1-23-16-9-13(18-19-14(11-25-18)17(21)20-22)7-8-15(16)24-10-12-5-3-2-4-6-12/h2-9,14,22H,10-11H2,1H3,(H,20,21)/t14-/m1/s1. The van der Waals surface area contributed by atoms with Crippen molar-refractivity contribution in [1.29, 1.82) is 0 Å². The molecule has 0 aliphatic carbocycles. The molecule has 130 valence electrons. The third-order valence-corrected chi connectivity index (χ3v) is 3.71. The highest BCUT2D eigenvalue weighted by Gasteiger charge is 2.26. The van der Waals surface area contributed by atoms with Crippen molar-refractivity contribution in [2.75, 3.05) is 13.7 Å². The number of nitrogens with zero attached hydrogens (tertiary/aromatic N) is 1. The maximum absolute atomic E-state index is 11.4. The molecule has 7 nitrogen and oxygen atoms in total. The van der Waals surface area contributed by atoms with E-state index in [9.17, 15) is 4.79 Å². The Morgan fingerprint density at radius 1 is 1.28 bits per heavy atom. The van der Waals surface area contributed by atoms with Crippen molar-refractivity contribution in [2.45, 2.75) is 12.6 Å². The van der Waals surface area contributed by atoms with Crippen LogP contribution in [0.15, 0.2) is 53.5 Å². The Kier molecular flexibility index (Phi) is 5.15. The van der Waals surface area contributed by atoms with Crippen molar-refractivity contribution in [3.05, 3.63) is 59.7 Å². The van der Waals surface area contributed by atoms with Crippen molar-refractivity contribution >= 4 is 11.8 Å². The summed E-state index contributed by atoms with van der Waals surface area (Å²) < 4.78 is 16.6. The quantitative estimate of drug-likeness (QED) is 0.618. The molecule has 0 saturated heterocycles. The van der Waals surface area contributed by atoms with Crippen LogP contribution in [-0.2, 0) is 16.1 Å². The first-order chi connectivity index (χ1) is 12.2. The van der Waals surface area contributed by atoms with Gasteiger partial charge in [-0.05, 0) is 23.8 Å². The fourth-order valence-corrected chi connectivity index (χ4v) is 2.40. The van der Waals surface area contributed by atoms with Crippen molar-refractivity contribution in [1.82, 2.24) is 5.48 Å². The van der Waals surface area contributed by atoms with Gasteiger partial charge in [0.05, 0.1) is 7.11 Å². The van der Waals surface area contributed by atoms with E-state index in [-0.39, 0.29) is 6.61 Å². The Bertz CT molecular complexity index is 776. The molecular weight excluding hydrogens is 324 g/mol. The minimum atomic E-state index is -0.764. The van der Waals surface area contributed by atoms with Crippen LogP contribution >= 0.6 is 0 Å². The lowest BCUT2D eigenvalue weighted by Crippen LogP contribution is -2.31. The highest BCUT2D eigenvalue weighted by atomic mass is 16.5. The number of nitrogens with one attached hydrogen (secondary N) is 1. The molecule has 2 aromatic carbocycles. The number of hydrogen-bond donors (Lipinski definition) is 2. The number of rotatable bonds is 6. The molecule has 0 fully saturated rings. The molecule has 25 heavy (non-hydrogen) atoms. The average molecular weight is 342 g/mol. The molecule has 1 amide bonds. The summed E-state index contributed by atoms with van der Waals surface area (Å²) in [6.45, 7) is 0.503. The molecule has 2 N–H and O–H groups in total. The van der Waals surface area contributed by atoms with Gasteiger partial charge in [-0.2, -0.15) is 0 Å².